The van der Waals surface area contributed by atoms with Crippen LogP contribution in [-0.4, -0.2) is 40.8 Å². The van der Waals surface area contributed by atoms with E-state index in [1.165, 1.54) is 21.9 Å². The Hall–Kier alpha value is -2.93. The Morgan fingerprint density at radius 2 is 1.71 bits per heavy atom. The van der Waals surface area contributed by atoms with Crippen LogP contribution in [0.5, 0.6) is 0 Å². The Bertz CT molecular complexity index is 1150. The molecule has 1 aliphatic carbocycles. The molecule has 0 bridgehead atoms. The van der Waals surface area contributed by atoms with E-state index in [4.69, 9.17) is 10.2 Å². The van der Waals surface area contributed by atoms with E-state index in [2.05, 4.69) is 60.0 Å². The highest BCUT2D eigenvalue weighted by Gasteiger charge is 2.25. The first-order chi connectivity index (χ1) is 16.5. The molecular weight excluding hydrogens is 464 g/mol. The number of rotatable bonds is 8. The van der Waals surface area contributed by atoms with Crippen LogP contribution in [0.25, 0.3) is 10.8 Å². The molecule has 0 radical (unpaired) electrons. The van der Waals surface area contributed by atoms with Crippen LogP contribution >= 0.6 is 12.4 Å². The Labute approximate surface area is 212 Å². The van der Waals surface area contributed by atoms with Crippen molar-refractivity contribution in [3.05, 3.63) is 83.4 Å². The van der Waals surface area contributed by atoms with Crippen molar-refractivity contribution in [1.82, 2.24) is 10.6 Å². The second kappa shape index (κ2) is 12.2. The third-order valence-electron chi connectivity index (χ3n) is 6.88. The number of hydrogen-bond donors (Lipinski definition) is 4. The van der Waals surface area contributed by atoms with Crippen LogP contribution in [0.2, 0.25) is 0 Å². The molecule has 4 N–H and O–H groups in total. The summed E-state index contributed by atoms with van der Waals surface area (Å²) < 4.78 is 0. The van der Waals surface area contributed by atoms with Gasteiger partial charge in [-0.3, -0.25) is 4.79 Å². The first-order valence-corrected chi connectivity index (χ1v) is 11.9. The van der Waals surface area contributed by atoms with Crippen LogP contribution in [-0.2, 0) is 4.79 Å². The summed E-state index contributed by atoms with van der Waals surface area (Å²) in [6, 6.07) is 21.7. The van der Waals surface area contributed by atoms with E-state index in [0.29, 0.717) is 17.5 Å². The number of carbonyl (C=O) groups is 2. The van der Waals surface area contributed by atoms with Crippen molar-refractivity contribution in [2.45, 2.75) is 56.7 Å². The number of carboxylic acid groups (broad SMARTS) is 1. The molecule has 1 fully saturated rings. The van der Waals surface area contributed by atoms with Gasteiger partial charge in [-0.05, 0) is 66.1 Å². The van der Waals surface area contributed by atoms with Crippen molar-refractivity contribution in [3.63, 3.8) is 0 Å². The summed E-state index contributed by atoms with van der Waals surface area (Å²) in [7, 11) is 0. The molecule has 1 amide bonds. The lowest BCUT2D eigenvalue weighted by atomic mass is 9.80. The zero-order valence-corrected chi connectivity index (χ0v) is 20.6. The maximum Gasteiger partial charge on any atom is 0.328 e. The minimum atomic E-state index is -1.30. The molecule has 1 aliphatic rings. The summed E-state index contributed by atoms with van der Waals surface area (Å²) in [6.07, 6.45) is 4.43. The molecular formula is C28H33ClN2O4. The lowest BCUT2D eigenvalue weighted by molar-refractivity contribution is -0.140. The number of aliphatic carboxylic acids is 1. The number of hydrogen-bond acceptors (Lipinski definition) is 4. The van der Waals surface area contributed by atoms with Gasteiger partial charge in [0, 0.05) is 17.6 Å². The maximum atomic E-state index is 12.3. The summed E-state index contributed by atoms with van der Waals surface area (Å²) in [5.41, 5.74) is 2.90. The summed E-state index contributed by atoms with van der Waals surface area (Å²) in [4.78, 5) is 23.4. The van der Waals surface area contributed by atoms with Gasteiger partial charge in [0.05, 0.1) is 6.61 Å². The van der Waals surface area contributed by atoms with Crippen molar-refractivity contribution in [2.75, 3.05) is 6.61 Å². The standard InChI is InChI=1S/C28H32N2O4.ClH/c1-18(24-11-5-7-20-6-2-3-10-25(20)24)29-23-9-4-8-22(16-23)19-12-14-21(15-13-19)27(32)30-26(17-31)28(33)34;/h2-3,5-7,10-15,18,22-23,26,29,31H,4,8-9,16-17H2,1H3,(H,30,32)(H,33,34);1H/t18-,22+,23?,26?;/m1./s1. The van der Waals surface area contributed by atoms with Gasteiger partial charge < -0.3 is 20.8 Å². The normalized spacial score (nSPS) is 19.4. The highest BCUT2D eigenvalue weighted by molar-refractivity contribution is 5.96. The first-order valence-electron chi connectivity index (χ1n) is 11.9. The number of halogens is 1. The minimum Gasteiger partial charge on any atom is -0.480 e. The van der Waals surface area contributed by atoms with Gasteiger partial charge in [-0.15, -0.1) is 12.4 Å². The van der Waals surface area contributed by atoms with Crippen molar-refractivity contribution in [3.8, 4) is 0 Å². The van der Waals surface area contributed by atoms with Crippen molar-refractivity contribution < 1.29 is 19.8 Å². The summed E-state index contributed by atoms with van der Waals surface area (Å²) in [5.74, 6) is -1.35. The predicted molar refractivity (Wildman–Crippen MR) is 140 cm³/mol. The third kappa shape index (κ3) is 6.40. The van der Waals surface area contributed by atoms with Gasteiger partial charge in [-0.25, -0.2) is 4.79 Å². The van der Waals surface area contributed by atoms with Crippen LogP contribution in [0.15, 0.2) is 66.7 Å². The monoisotopic (exact) mass is 496 g/mol. The smallest absolute Gasteiger partial charge is 0.328 e. The van der Waals surface area contributed by atoms with E-state index in [9.17, 15) is 9.59 Å². The van der Waals surface area contributed by atoms with Crippen LogP contribution in [0.3, 0.4) is 0 Å². The highest BCUT2D eigenvalue weighted by Crippen LogP contribution is 2.34. The van der Waals surface area contributed by atoms with Gasteiger partial charge in [0.15, 0.2) is 6.04 Å². The van der Waals surface area contributed by atoms with Gasteiger partial charge >= 0.3 is 5.97 Å². The Morgan fingerprint density at radius 3 is 2.43 bits per heavy atom. The number of amides is 1. The van der Waals surface area contributed by atoms with E-state index >= 15 is 0 Å². The van der Waals surface area contributed by atoms with Crippen molar-refractivity contribution in [1.29, 1.82) is 0 Å². The third-order valence-corrected chi connectivity index (χ3v) is 6.88. The number of nitrogens with one attached hydrogen (secondary N) is 2. The van der Waals surface area contributed by atoms with Crippen molar-refractivity contribution in [2.24, 2.45) is 0 Å². The molecule has 0 saturated heterocycles. The second-order valence-corrected chi connectivity index (χ2v) is 9.19. The van der Waals surface area contributed by atoms with Crippen LogP contribution in [0.4, 0.5) is 0 Å². The molecule has 2 unspecified atom stereocenters. The average Bonchev–Trinajstić information content (AvgIpc) is 2.86. The SMILES string of the molecule is C[C@@H](NC1CCC[C@H](c2ccc(C(=O)NC(CO)C(=O)O)cc2)C1)c1cccc2ccccc12.Cl. The zero-order chi connectivity index (χ0) is 24.1. The van der Waals surface area contributed by atoms with Gasteiger partial charge in [0.1, 0.15) is 0 Å². The quantitative estimate of drug-likeness (QED) is 0.358. The number of benzene rings is 3. The number of fused-ring (bicyclic) bond motifs is 1. The number of carbonyl (C=O) groups excluding carboxylic acids is 1. The predicted octanol–water partition coefficient (Wildman–Crippen LogP) is 4.81. The molecule has 0 spiro atoms. The maximum absolute atomic E-state index is 12.3. The van der Waals surface area contributed by atoms with Gasteiger partial charge in [-0.2, -0.15) is 0 Å². The number of aliphatic hydroxyl groups excluding tert-OH is 1. The molecule has 0 heterocycles. The second-order valence-electron chi connectivity index (χ2n) is 9.19. The van der Waals surface area contributed by atoms with Gasteiger partial charge in [0.2, 0.25) is 0 Å². The zero-order valence-electron chi connectivity index (χ0n) is 19.8. The van der Waals surface area contributed by atoms with Crippen LogP contribution in [0.1, 0.15) is 66.1 Å². The molecule has 7 heteroatoms. The lowest BCUT2D eigenvalue weighted by Crippen LogP contribution is -2.43. The van der Waals surface area contributed by atoms with E-state index in [-0.39, 0.29) is 18.4 Å². The molecule has 3 aromatic carbocycles. The fraction of sp³-hybridized carbons (Fsp3) is 0.357. The summed E-state index contributed by atoms with van der Waals surface area (Å²) in [5, 5.41) is 26.9. The van der Waals surface area contributed by atoms with Gasteiger partial charge in [0.25, 0.3) is 5.91 Å². The Balaban J connectivity index is 0.00000342. The fourth-order valence-electron chi connectivity index (χ4n) is 5.05. The fourth-order valence-corrected chi connectivity index (χ4v) is 5.05. The Morgan fingerprint density at radius 1 is 1.00 bits per heavy atom. The first kappa shape index (κ1) is 26.7. The molecule has 0 aromatic heterocycles. The summed E-state index contributed by atoms with van der Waals surface area (Å²) >= 11 is 0. The minimum absolute atomic E-state index is 0. The largest absolute Gasteiger partial charge is 0.480 e. The van der Waals surface area contributed by atoms with Gasteiger partial charge in [-0.1, -0.05) is 61.0 Å². The molecule has 4 atom stereocenters. The van der Waals surface area contributed by atoms with Crippen LogP contribution in [0, 0.1) is 0 Å². The van der Waals surface area contributed by atoms with E-state index in [0.717, 1.165) is 25.7 Å². The molecule has 6 nitrogen and oxygen atoms in total. The average molecular weight is 497 g/mol. The summed E-state index contributed by atoms with van der Waals surface area (Å²) in [6.45, 7) is 1.59. The molecule has 0 aliphatic heterocycles. The van der Waals surface area contributed by atoms with E-state index in [1.807, 2.05) is 12.1 Å². The molecule has 3 aromatic rings. The molecule has 4 rings (SSSR count). The van der Waals surface area contributed by atoms with E-state index in [1.54, 1.807) is 12.1 Å². The number of carboxylic acids is 1. The Kier molecular flexibility index (Phi) is 9.26. The van der Waals surface area contributed by atoms with Crippen LogP contribution < -0.4 is 10.6 Å². The molecule has 186 valence electrons. The number of aliphatic hydroxyl groups is 1. The molecule has 35 heavy (non-hydrogen) atoms. The van der Waals surface area contributed by atoms with Crippen molar-refractivity contribution >= 4 is 35.1 Å². The molecule has 1 saturated carbocycles. The van der Waals surface area contributed by atoms with E-state index < -0.39 is 24.5 Å². The topological polar surface area (TPSA) is 98.7 Å². The lowest BCUT2D eigenvalue weighted by Gasteiger charge is -2.32. The highest BCUT2D eigenvalue weighted by atomic mass is 35.5.